The predicted octanol–water partition coefficient (Wildman–Crippen LogP) is 17.0. The third kappa shape index (κ3) is 8.11. The predicted molar refractivity (Wildman–Crippen MR) is 307 cm³/mol. The van der Waals surface area contributed by atoms with Crippen molar-refractivity contribution in [2.75, 3.05) is 4.90 Å². The first-order valence-corrected chi connectivity index (χ1v) is 25.1. The highest BCUT2D eigenvalue weighted by atomic mass is 16.5. The van der Waals surface area contributed by atoms with Gasteiger partial charge in [0, 0.05) is 49.9 Å². The van der Waals surface area contributed by atoms with Gasteiger partial charge >= 0.3 is 0 Å². The number of para-hydroxylation sites is 3. The quantitative estimate of drug-likeness (QED) is 0.0456. The van der Waals surface area contributed by atoms with E-state index in [0.717, 1.165) is 88.8 Å². The fourth-order valence-corrected chi connectivity index (χ4v) is 10.7. The van der Waals surface area contributed by atoms with Crippen molar-refractivity contribution < 1.29 is 9.15 Å². The molecule has 0 aliphatic rings. The zero-order valence-electron chi connectivity index (χ0n) is 41.0. The molecule has 2 N–H and O–H groups in total. The van der Waals surface area contributed by atoms with E-state index in [1.165, 1.54) is 21.8 Å². The number of nitrogens with two attached hydrogens (primary N) is 1. The van der Waals surface area contributed by atoms with Crippen molar-refractivity contribution in [1.29, 1.82) is 0 Å². The number of hydrazone groups is 1. The van der Waals surface area contributed by atoms with Gasteiger partial charge in [0.1, 0.15) is 6.10 Å². The van der Waals surface area contributed by atoms with Crippen LogP contribution in [-0.2, 0) is 4.74 Å². The lowest BCUT2D eigenvalue weighted by molar-refractivity contribution is 0.213. The van der Waals surface area contributed by atoms with Crippen LogP contribution < -0.4 is 10.7 Å². The number of nitrogens with zero attached hydrogens (tertiary/aromatic N) is 5. The summed E-state index contributed by atoms with van der Waals surface area (Å²) in [7, 11) is 0. The normalized spacial score (nSPS) is 12.1. The fraction of sp³-hybridized carbons (Fsp3) is 0.0299. The molecule has 1 unspecified atom stereocenters. The minimum absolute atomic E-state index is 0.315. The first-order chi connectivity index (χ1) is 37.1. The summed E-state index contributed by atoms with van der Waals surface area (Å²) in [4.78, 5) is 2.39. The van der Waals surface area contributed by atoms with E-state index in [9.17, 15) is 0 Å². The molecule has 0 bridgehead atoms. The van der Waals surface area contributed by atoms with Crippen molar-refractivity contribution >= 4 is 66.3 Å². The molecular weight excluding hydrogens is 921 g/mol. The number of anilines is 3. The Morgan fingerprint density at radius 1 is 0.467 bits per heavy atom. The summed E-state index contributed by atoms with van der Waals surface area (Å²) in [6, 6.07) is 89.2. The molecule has 8 nitrogen and oxygen atoms in total. The monoisotopic (exact) mass is 968 g/mol. The van der Waals surface area contributed by atoms with Crippen molar-refractivity contribution in [2.45, 2.75) is 13.0 Å². The number of hydrogen-bond acceptors (Lipinski definition) is 7. The first-order valence-electron chi connectivity index (χ1n) is 25.1. The summed E-state index contributed by atoms with van der Waals surface area (Å²) < 4.78 is 15.0. The SMILES string of the molecule is CC(O/C(=N\N)c1ccccc1)c1ccc(-c2c3ccccc3c(-c3ccc(-c4nnc(-c5ccccc5)o4)cc3)c3c(N(c4ccccc4)c4ccc(-n5c6ccccc6c6ccccc65)cc4)cccc23)cc1. The van der Waals surface area contributed by atoms with Gasteiger partial charge in [-0.25, -0.2) is 0 Å². The third-order valence-electron chi connectivity index (χ3n) is 14.2. The van der Waals surface area contributed by atoms with Crippen LogP contribution in [0.1, 0.15) is 24.2 Å². The van der Waals surface area contributed by atoms with Crippen LogP contribution in [0, 0.1) is 0 Å². The van der Waals surface area contributed by atoms with E-state index in [2.05, 4.69) is 219 Å². The maximum Gasteiger partial charge on any atom is 0.248 e. The summed E-state index contributed by atoms with van der Waals surface area (Å²) in [6.45, 7) is 2.02. The first kappa shape index (κ1) is 44.9. The molecule has 0 saturated carbocycles. The summed E-state index contributed by atoms with van der Waals surface area (Å²) in [6.07, 6.45) is -0.315. The van der Waals surface area contributed by atoms with E-state index >= 15 is 0 Å². The fourth-order valence-electron chi connectivity index (χ4n) is 10.7. The Bertz CT molecular complexity index is 4160. The molecule has 2 aromatic heterocycles. The summed E-state index contributed by atoms with van der Waals surface area (Å²) >= 11 is 0. The lowest BCUT2D eigenvalue weighted by Gasteiger charge is -2.29. The Kier molecular flexibility index (Phi) is 11.5. The van der Waals surface area contributed by atoms with Gasteiger partial charge in [-0.1, -0.05) is 164 Å². The van der Waals surface area contributed by atoms with Gasteiger partial charge in [-0.2, -0.15) is 0 Å². The average molecular weight is 969 g/mol. The molecule has 0 saturated heterocycles. The van der Waals surface area contributed by atoms with Gasteiger partial charge in [0.2, 0.25) is 17.7 Å². The molecule has 0 aliphatic heterocycles. The van der Waals surface area contributed by atoms with Crippen molar-refractivity contribution in [3.05, 3.63) is 266 Å². The molecule has 13 aromatic rings. The van der Waals surface area contributed by atoms with Crippen LogP contribution in [0.25, 0.3) is 94.2 Å². The summed E-state index contributed by atoms with van der Waals surface area (Å²) in [5.74, 6) is 7.19. The average Bonchev–Trinajstić information content (AvgIpc) is 4.12. The largest absolute Gasteiger partial charge is 0.468 e. The van der Waals surface area contributed by atoms with E-state index in [1.54, 1.807) is 0 Å². The lowest BCUT2D eigenvalue weighted by Crippen LogP contribution is -2.12. The van der Waals surface area contributed by atoms with Crippen LogP contribution in [0.15, 0.2) is 264 Å². The van der Waals surface area contributed by atoms with Crippen LogP contribution in [-0.4, -0.2) is 20.7 Å². The van der Waals surface area contributed by atoms with E-state index < -0.39 is 0 Å². The van der Waals surface area contributed by atoms with Crippen molar-refractivity contribution in [3.8, 4) is 50.8 Å². The molecule has 0 fully saturated rings. The van der Waals surface area contributed by atoms with Crippen LogP contribution in [0.3, 0.4) is 0 Å². The number of fused-ring (bicyclic) bond motifs is 5. The zero-order chi connectivity index (χ0) is 50.2. The van der Waals surface area contributed by atoms with E-state index in [4.69, 9.17) is 15.0 Å². The molecule has 0 amide bonds. The van der Waals surface area contributed by atoms with E-state index in [-0.39, 0.29) is 6.10 Å². The van der Waals surface area contributed by atoms with Gasteiger partial charge in [-0.05, 0) is 142 Å². The van der Waals surface area contributed by atoms with Crippen LogP contribution in [0.5, 0.6) is 0 Å². The van der Waals surface area contributed by atoms with Gasteiger partial charge < -0.3 is 24.5 Å². The molecule has 0 radical (unpaired) electrons. The van der Waals surface area contributed by atoms with Gasteiger partial charge in [-0.3, -0.25) is 0 Å². The van der Waals surface area contributed by atoms with Gasteiger partial charge in [0.15, 0.2) is 0 Å². The molecule has 358 valence electrons. The standard InChI is InChI=1S/C67H48N6O2/c1-44(74-65(69-68)48-18-5-2-6-19-48)45-32-34-46(35-33-45)62-56-26-11-12-27-57(56)63(47-36-38-50(39-37-47)67-71-70-66(75-67)49-20-7-3-8-21-49)64-58(62)28-17-31-61(64)72(51-22-9-4-10-23-51)52-40-42-53(43-41-52)73-59-29-15-13-24-54(59)55-25-14-16-30-60(55)73/h2-44H,68H2,1H3/b69-65-. The molecule has 0 aliphatic carbocycles. The number of ether oxygens (including phenoxy) is 1. The highest BCUT2D eigenvalue weighted by molar-refractivity contribution is 6.25. The number of aromatic nitrogens is 3. The molecular formula is C67H48N6O2. The van der Waals surface area contributed by atoms with Gasteiger partial charge in [0.05, 0.1) is 16.7 Å². The number of benzene rings is 11. The van der Waals surface area contributed by atoms with Crippen molar-refractivity contribution in [1.82, 2.24) is 14.8 Å². The highest BCUT2D eigenvalue weighted by Crippen LogP contribution is 2.50. The smallest absolute Gasteiger partial charge is 0.248 e. The minimum Gasteiger partial charge on any atom is -0.468 e. The molecule has 0 spiro atoms. The van der Waals surface area contributed by atoms with Crippen molar-refractivity contribution in [3.63, 3.8) is 0 Å². The van der Waals surface area contributed by atoms with E-state index in [0.29, 0.717) is 17.7 Å². The Balaban J connectivity index is 0.993. The highest BCUT2D eigenvalue weighted by Gasteiger charge is 2.25. The Morgan fingerprint density at radius 2 is 0.947 bits per heavy atom. The van der Waals surface area contributed by atoms with E-state index in [1.807, 2.05) is 67.6 Å². The Labute approximate surface area is 433 Å². The maximum atomic E-state index is 6.38. The second-order valence-corrected chi connectivity index (χ2v) is 18.6. The molecule has 75 heavy (non-hydrogen) atoms. The molecule has 11 aromatic carbocycles. The van der Waals surface area contributed by atoms with Gasteiger partial charge in [-0.15, -0.1) is 15.3 Å². The molecule has 8 heteroatoms. The second-order valence-electron chi connectivity index (χ2n) is 18.6. The minimum atomic E-state index is -0.315. The van der Waals surface area contributed by atoms with Crippen LogP contribution in [0.4, 0.5) is 17.1 Å². The second kappa shape index (κ2) is 19.2. The number of hydrogen-bond donors (Lipinski definition) is 1. The molecule has 13 rings (SSSR count). The zero-order valence-corrected chi connectivity index (χ0v) is 41.0. The summed E-state index contributed by atoms with van der Waals surface area (Å²) in [5, 5.41) is 19.8. The Morgan fingerprint density at radius 3 is 1.57 bits per heavy atom. The third-order valence-corrected chi connectivity index (χ3v) is 14.2. The molecule has 2 heterocycles. The lowest BCUT2D eigenvalue weighted by atomic mass is 9.84. The Hall–Kier alpha value is -10.1. The van der Waals surface area contributed by atoms with Crippen LogP contribution >= 0.6 is 0 Å². The van der Waals surface area contributed by atoms with Crippen LogP contribution in [0.2, 0.25) is 0 Å². The van der Waals surface area contributed by atoms with Gasteiger partial charge in [0.25, 0.3) is 0 Å². The maximum absolute atomic E-state index is 6.38. The topological polar surface area (TPSA) is 94.7 Å². The van der Waals surface area contributed by atoms with Crippen molar-refractivity contribution in [2.24, 2.45) is 10.9 Å². The molecule has 1 atom stereocenters. The summed E-state index contributed by atoms with van der Waals surface area (Å²) in [5.41, 5.74) is 14.4. The number of rotatable bonds is 11.